The summed E-state index contributed by atoms with van der Waals surface area (Å²) in [6, 6.07) is 28.9. The second kappa shape index (κ2) is 10.1. The lowest BCUT2D eigenvalue weighted by atomic mass is 9.84. The van der Waals surface area contributed by atoms with Gasteiger partial charge < -0.3 is 4.74 Å². The van der Waals surface area contributed by atoms with Gasteiger partial charge in [-0.15, -0.1) is 0 Å². The van der Waals surface area contributed by atoms with Crippen molar-refractivity contribution in [2.45, 2.75) is 45.3 Å². The normalized spacial score (nSPS) is 15.6. The third-order valence-corrected chi connectivity index (χ3v) is 6.15. The molecule has 1 atom stereocenters. The van der Waals surface area contributed by atoms with Crippen molar-refractivity contribution in [2.75, 3.05) is 19.7 Å². The van der Waals surface area contributed by atoms with Crippen LogP contribution in [0.2, 0.25) is 0 Å². The van der Waals surface area contributed by atoms with Crippen LogP contribution in [0.4, 0.5) is 0 Å². The Hall–Kier alpha value is -2.42. The van der Waals surface area contributed by atoms with Gasteiger partial charge in [0.1, 0.15) is 0 Å². The Kier molecular flexibility index (Phi) is 6.99. The molecule has 0 bridgehead atoms. The third kappa shape index (κ3) is 5.19. The minimum absolute atomic E-state index is 0.310. The molecule has 1 aliphatic rings. The van der Waals surface area contributed by atoms with Crippen LogP contribution in [-0.2, 0) is 11.3 Å². The Morgan fingerprint density at radius 2 is 1.30 bits per heavy atom. The average molecular weight is 400 g/mol. The number of aryl methyl sites for hydroxylation is 2. The second-order valence-corrected chi connectivity index (χ2v) is 8.62. The van der Waals surface area contributed by atoms with Gasteiger partial charge in [0.2, 0.25) is 0 Å². The molecule has 0 aliphatic carbocycles. The lowest BCUT2D eigenvalue weighted by Crippen LogP contribution is -2.41. The van der Waals surface area contributed by atoms with Crippen molar-refractivity contribution in [3.05, 3.63) is 107 Å². The van der Waals surface area contributed by atoms with Crippen molar-refractivity contribution < 1.29 is 4.74 Å². The largest absolute Gasteiger partial charge is 0.375 e. The lowest BCUT2D eigenvalue weighted by Gasteiger charge is -2.35. The van der Waals surface area contributed by atoms with E-state index in [0.29, 0.717) is 18.6 Å². The van der Waals surface area contributed by atoms with Crippen molar-refractivity contribution in [1.29, 1.82) is 0 Å². The summed E-state index contributed by atoms with van der Waals surface area (Å²) in [5.74, 6) is 0.310. The predicted molar refractivity (Wildman–Crippen MR) is 125 cm³/mol. The molecule has 1 heterocycles. The summed E-state index contributed by atoms with van der Waals surface area (Å²) >= 11 is 0. The fourth-order valence-electron chi connectivity index (χ4n) is 4.89. The summed E-state index contributed by atoms with van der Waals surface area (Å²) in [5.41, 5.74) is 6.61. The van der Waals surface area contributed by atoms with Crippen LogP contribution in [0.1, 0.15) is 46.6 Å². The summed E-state index contributed by atoms with van der Waals surface area (Å²) in [5, 5.41) is 0. The Bertz CT molecular complexity index is 856. The van der Waals surface area contributed by atoms with Crippen molar-refractivity contribution in [2.24, 2.45) is 0 Å². The summed E-state index contributed by atoms with van der Waals surface area (Å²) in [7, 11) is 0. The number of hydrogen-bond acceptors (Lipinski definition) is 2. The standard InChI is InChI=1S/C28H33NO/c1-22-17-23(2)19-24(18-22)20-30-21-27(29-15-9-10-16-29)28(25-11-5-3-6-12-25)26-13-7-4-8-14-26/h3-8,11-14,17-19,27-28H,9-10,15-16,20-21H2,1-2H3. The van der Waals surface area contributed by atoms with Gasteiger partial charge in [0.05, 0.1) is 13.2 Å². The van der Waals surface area contributed by atoms with Crippen LogP contribution in [0.15, 0.2) is 78.9 Å². The molecule has 1 aliphatic heterocycles. The summed E-state index contributed by atoms with van der Waals surface area (Å²) in [6.45, 7) is 8.04. The fraction of sp³-hybridized carbons (Fsp3) is 0.357. The molecule has 3 aromatic rings. The second-order valence-electron chi connectivity index (χ2n) is 8.62. The summed E-state index contributed by atoms with van der Waals surface area (Å²) in [4.78, 5) is 2.64. The molecular weight excluding hydrogens is 366 g/mol. The van der Waals surface area contributed by atoms with Crippen LogP contribution in [0.5, 0.6) is 0 Å². The van der Waals surface area contributed by atoms with Gasteiger partial charge in [-0.3, -0.25) is 4.90 Å². The molecule has 0 amide bonds. The lowest BCUT2D eigenvalue weighted by molar-refractivity contribution is 0.0527. The van der Waals surface area contributed by atoms with Crippen LogP contribution >= 0.6 is 0 Å². The van der Waals surface area contributed by atoms with Crippen LogP contribution in [0.25, 0.3) is 0 Å². The van der Waals surface area contributed by atoms with Crippen LogP contribution in [-0.4, -0.2) is 30.6 Å². The van der Waals surface area contributed by atoms with E-state index >= 15 is 0 Å². The number of benzene rings is 3. The van der Waals surface area contributed by atoms with Crippen LogP contribution in [0.3, 0.4) is 0 Å². The SMILES string of the molecule is Cc1cc(C)cc(COCC(C(c2ccccc2)c2ccccc2)N2CCCC2)c1. The first-order valence-corrected chi connectivity index (χ1v) is 11.2. The molecule has 1 unspecified atom stereocenters. The highest BCUT2D eigenvalue weighted by atomic mass is 16.5. The zero-order chi connectivity index (χ0) is 20.8. The molecule has 4 rings (SSSR count). The summed E-state index contributed by atoms with van der Waals surface area (Å²) < 4.78 is 6.39. The van der Waals surface area contributed by atoms with Crippen molar-refractivity contribution in [3.63, 3.8) is 0 Å². The smallest absolute Gasteiger partial charge is 0.0717 e. The topological polar surface area (TPSA) is 12.5 Å². The molecule has 30 heavy (non-hydrogen) atoms. The molecule has 1 fully saturated rings. The number of nitrogens with zero attached hydrogens (tertiary/aromatic N) is 1. The Balaban J connectivity index is 1.59. The van der Waals surface area contributed by atoms with E-state index in [4.69, 9.17) is 4.74 Å². The van der Waals surface area contributed by atoms with E-state index in [2.05, 4.69) is 97.6 Å². The minimum Gasteiger partial charge on any atom is -0.375 e. The number of hydrogen-bond donors (Lipinski definition) is 0. The fourth-order valence-corrected chi connectivity index (χ4v) is 4.89. The quantitative estimate of drug-likeness (QED) is 0.453. The van der Waals surface area contributed by atoms with Gasteiger partial charge in [-0.25, -0.2) is 0 Å². The monoisotopic (exact) mass is 399 g/mol. The minimum atomic E-state index is 0.310. The number of likely N-dealkylation sites (tertiary alicyclic amines) is 1. The van der Waals surface area contributed by atoms with Gasteiger partial charge in [0, 0.05) is 12.0 Å². The molecule has 3 aromatic carbocycles. The first-order valence-electron chi connectivity index (χ1n) is 11.2. The molecule has 0 N–H and O–H groups in total. The van der Waals surface area contributed by atoms with Crippen LogP contribution < -0.4 is 0 Å². The van der Waals surface area contributed by atoms with E-state index in [0.717, 1.165) is 19.7 Å². The average Bonchev–Trinajstić information content (AvgIpc) is 3.28. The van der Waals surface area contributed by atoms with Gasteiger partial charge in [0.25, 0.3) is 0 Å². The zero-order valence-corrected chi connectivity index (χ0v) is 18.3. The molecule has 2 nitrogen and oxygen atoms in total. The van der Waals surface area contributed by atoms with E-state index in [1.807, 2.05) is 0 Å². The maximum absolute atomic E-state index is 6.39. The molecule has 0 radical (unpaired) electrons. The van der Waals surface area contributed by atoms with Gasteiger partial charge in [0.15, 0.2) is 0 Å². The highest BCUT2D eigenvalue weighted by Gasteiger charge is 2.31. The molecule has 1 saturated heterocycles. The van der Waals surface area contributed by atoms with Crippen molar-refractivity contribution >= 4 is 0 Å². The highest BCUT2D eigenvalue weighted by molar-refractivity contribution is 5.34. The maximum Gasteiger partial charge on any atom is 0.0717 e. The molecule has 0 saturated carbocycles. The number of ether oxygens (including phenoxy) is 1. The first kappa shape index (κ1) is 20.8. The summed E-state index contributed by atoms with van der Waals surface area (Å²) in [6.07, 6.45) is 2.56. The first-order chi connectivity index (χ1) is 14.7. The number of rotatable bonds is 8. The van der Waals surface area contributed by atoms with E-state index in [1.54, 1.807) is 0 Å². The van der Waals surface area contributed by atoms with Crippen molar-refractivity contribution in [1.82, 2.24) is 4.90 Å². The third-order valence-electron chi connectivity index (χ3n) is 6.15. The Morgan fingerprint density at radius 3 is 1.83 bits per heavy atom. The van der Waals surface area contributed by atoms with Gasteiger partial charge in [-0.2, -0.15) is 0 Å². The predicted octanol–water partition coefficient (Wildman–Crippen LogP) is 6.12. The van der Waals surface area contributed by atoms with E-state index in [1.165, 1.54) is 40.7 Å². The van der Waals surface area contributed by atoms with Gasteiger partial charge in [-0.05, 0) is 56.5 Å². The van der Waals surface area contributed by atoms with Gasteiger partial charge in [-0.1, -0.05) is 90.0 Å². The maximum atomic E-state index is 6.39. The molecule has 0 spiro atoms. The van der Waals surface area contributed by atoms with E-state index < -0.39 is 0 Å². The molecular formula is C28H33NO. The highest BCUT2D eigenvalue weighted by Crippen LogP contribution is 2.33. The van der Waals surface area contributed by atoms with E-state index in [9.17, 15) is 0 Å². The molecule has 0 aromatic heterocycles. The molecule has 2 heteroatoms. The van der Waals surface area contributed by atoms with Gasteiger partial charge >= 0.3 is 0 Å². The Morgan fingerprint density at radius 1 is 0.767 bits per heavy atom. The Labute approximate surface area is 181 Å². The van der Waals surface area contributed by atoms with Crippen LogP contribution in [0, 0.1) is 13.8 Å². The van der Waals surface area contributed by atoms with Crippen molar-refractivity contribution in [3.8, 4) is 0 Å². The van der Waals surface area contributed by atoms with E-state index in [-0.39, 0.29) is 0 Å². The molecule has 156 valence electrons. The zero-order valence-electron chi connectivity index (χ0n) is 18.3.